The smallest absolute Gasteiger partial charge is 0.101 e. The Morgan fingerprint density at radius 1 is 1.09 bits per heavy atom. The second kappa shape index (κ2) is 7.59. The highest BCUT2D eigenvalue weighted by Crippen LogP contribution is 2.15. The third-order valence-electron chi connectivity index (χ3n) is 3.12. The van der Waals surface area contributed by atoms with Crippen molar-refractivity contribution < 1.29 is 0 Å². The first-order valence-corrected chi connectivity index (χ1v) is 6.97. The lowest BCUT2D eigenvalue weighted by molar-refractivity contribution is 0.880. The van der Waals surface area contributed by atoms with Crippen LogP contribution in [0.1, 0.15) is 16.7 Å². The Morgan fingerprint density at radius 2 is 1.87 bits per heavy atom. The van der Waals surface area contributed by atoms with Crippen LogP contribution in [0.2, 0.25) is 5.02 Å². The number of hydrogen-bond acceptors (Lipinski definition) is 3. The van der Waals surface area contributed by atoms with Crippen LogP contribution in [0.25, 0.3) is 17.8 Å². The zero-order chi connectivity index (χ0) is 15.4. The summed E-state index contributed by atoms with van der Waals surface area (Å²) >= 11 is 5.88. The predicted octanol–water partition coefficient (Wildman–Crippen LogP) is 4.38. The van der Waals surface area contributed by atoms with Gasteiger partial charge in [0.1, 0.15) is 6.07 Å². The number of nitrogens with zero attached hydrogens (tertiary/aromatic N) is 4. The molecule has 0 saturated carbocycles. The van der Waals surface area contributed by atoms with E-state index in [4.69, 9.17) is 16.9 Å². The maximum Gasteiger partial charge on any atom is 0.101 e. The van der Waals surface area contributed by atoms with Crippen LogP contribution in [-0.2, 0) is 0 Å². The van der Waals surface area contributed by atoms with Crippen molar-refractivity contribution in [3.05, 3.63) is 76.8 Å². The van der Waals surface area contributed by atoms with Crippen molar-refractivity contribution in [1.29, 1.82) is 5.26 Å². The Kier molecular flexibility index (Phi) is 5.53. The maximum atomic E-state index is 9.04. The van der Waals surface area contributed by atoms with E-state index in [1.54, 1.807) is 29.3 Å². The minimum absolute atomic E-state index is 0. The fourth-order valence-corrected chi connectivity index (χ4v) is 2.11. The van der Waals surface area contributed by atoms with Gasteiger partial charge in [-0.3, -0.25) is 4.98 Å². The molecule has 1 aromatic carbocycles. The molecule has 23 heavy (non-hydrogen) atoms. The van der Waals surface area contributed by atoms with Gasteiger partial charge in [-0.15, -0.1) is 12.4 Å². The van der Waals surface area contributed by atoms with Crippen molar-refractivity contribution in [2.75, 3.05) is 0 Å². The molecular formula is C17H12Cl2N4. The molecule has 0 radical (unpaired) electrons. The maximum absolute atomic E-state index is 9.04. The molecule has 0 spiro atoms. The van der Waals surface area contributed by atoms with Crippen LogP contribution < -0.4 is 0 Å². The first-order chi connectivity index (χ1) is 10.8. The molecule has 0 amide bonds. The SMILES string of the molecule is Cl.N#Cc1cnccc1/C=C/c1cnn(-c2ccc(Cl)cc2)c1. The molecular weight excluding hydrogens is 331 g/mol. The third kappa shape index (κ3) is 3.98. The molecule has 0 aliphatic rings. The molecule has 2 heterocycles. The summed E-state index contributed by atoms with van der Waals surface area (Å²) in [5.41, 5.74) is 3.25. The van der Waals surface area contributed by atoms with Gasteiger partial charge in [-0.2, -0.15) is 10.4 Å². The Morgan fingerprint density at radius 3 is 2.61 bits per heavy atom. The van der Waals surface area contributed by atoms with Gasteiger partial charge >= 0.3 is 0 Å². The molecule has 3 aromatic rings. The van der Waals surface area contributed by atoms with E-state index >= 15 is 0 Å². The van der Waals surface area contributed by atoms with Crippen molar-refractivity contribution in [3.8, 4) is 11.8 Å². The van der Waals surface area contributed by atoms with Gasteiger partial charge in [-0.25, -0.2) is 4.68 Å². The van der Waals surface area contributed by atoms with Gasteiger partial charge < -0.3 is 0 Å². The number of halogens is 2. The van der Waals surface area contributed by atoms with Crippen LogP contribution in [-0.4, -0.2) is 14.8 Å². The van der Waals surface area contributed by atoms with Gasteiger partial charge in [-0.05, 0) is 35.9 Å². The molecule has 0 bridgehead atoms. The second-order valence-corrected chi connectivity index (χ2v) is 5.04. The Labute approximate surface area is 145 Å². The highest BCUT2D eigenvalue weighted by molar-refractivity contribution is 6.30. The molecule has 0 N–H and O–H groups in total. The average Bonchev–Trinajstić information content (AvgIpc) is 3.03. The summed E-state index contributed by atoms with van der Waals surface area (Å²) in [5.74, 6) is 0. The van der Waals surface area contributed by atoms with Crippen LogP contribution in [0.15, 0.2) is 55.1 Å². The number of aromatic nitrogens is 3. The lowest BCUT2D eigenvalue weighted by Gasteiger charge is -1.99. The number of pyridine rings is 1. The summed E-state index contributed by atoms with van der Waals surface area (Å²) in [4.78, 5) is 3.94. The summed E-state index contributed by atoms with van der Waals surface area (Å²) in [6.45, 7) is 0. The molecule has 0 aliphatic heterocycles. The number of nitriles is 1. The topological polar surface area (TPSA) is 54.5 Å². The average molecular weight is 343 g/mol. The quantitative estimate of drug-likeness (QED) is 0.709. The first kappa shape index (κ1) is 16.8. The first-order valence-electron chi connectivity index (χ1n) is 6.59. The molecule has 0 atom stereocenters. The summed E-state index contributed by atoms with van der Waals surface area (Å²) in [5, 5.41) is 14.0. The normalized spacial score (nSPS) is 10.3. The van der Waals surface area contributed by atoms with Gasteiger partial charge in [0.05, 0.1) is 17.4 Å². The highest BCUT2D eigenvalue weighted by atomic mass is 35.5. The number of benzene rings is 1. The van der Waals surface area contributed by atoms with E-state index < -0.39 is 0 Å². The van der Waals surface area contributed by atoms with Crippen LogP contribution in [0.5, 0.6) is 0 Å². The van der Waals surface area contributed by atoms with Crippen LogP contribution in [0, 0.1) is 11.3 Å². The van der Waals surface area contributed by atoms with Gasteiger partial charge in [0.15, 0.2) is 0 Å². The predicted molar refractivity (Wildman–Crippen MR) is 93.7 cm³/mol. The molecule has 0 aliphatic carbocycles. The van der Waals surface area contributed by atoms with Crippen molar-refractivity contribution >= 4 is 36.2 Å². The zero-order valence-electron chi connectivity index (χ0n) is 11.9. The minimum atomic E-state index is 0. The van der Waals surface area contributed by atoms with E-state index in [1.165, 1.54) is 0 Å². The van der Waals surface area contributed by atoms with Crippen LogP contribution >= 0.6 is 24.0 Å². The molecule has 0 saturated heterocycles. The summed E-state index contributed by atoms with van der Waals surface area (Å²) in [6, 6.07) is 11.4. The van der Waals surface area contributed by atoms with Gasteiger partial charge in [0.2, 0.25) is 0 Å². The molecule has 114 valence electrons. The van der Waals surface area contributed by atoms with Crippen molar-refractivity contribution in [3.63, 3.8) is 0 Å². The summed E-state index contributed by atoms with van der Waals surface area (Å²) < 4.78 is 1.77. The number of rotatable bonds is 3. The van der Waals surface area contributed by atoms with Crippen molar-refractivity contribution in [1.82, 2.24) is 14.8 Å². The Hall–Kier alpha value is -2.61. The van der Waals surface area contributed by atoms with E-state index in [-0.39, 0.29) is 12.4 Å². The highest BCUT2D eigenvalue weighted by Gasteiger charge is 2.00. The lowest BCUT2D eigenvalue weighted by atomic mass is 10.1. The van der Waals surface area contributed by atoms with E-state index in [2.05, 4.69) is 16.2 Å². The summed E-state index contributed by atoms with van der Waals surface area (Å²) in [7, 11) is 0. The molecule has 3 rings (SSSR count). The summed E-state index contributed by atoms with van der Waals surface area (Å²) in [6.07, 6.45) is 10.7. The monoisotopic (exact) mass is 342 g/mol. The fourth-order valence-electron chi connectivity index (χ4n) is 1.99. The lowest BCUT2D eigenvalue weighted by Crippen LogP contribution is -1.92. The van der Waals surface area contributed by atoms with E-state index in [0.29, 0.717) is 10.6 Å². The molecule has 6 heteroatoms. The van der Waals surface area contributed by atoms with Gasteiger partial charge in [0, 0.05) is 29.2 Å². The molecule has 4 nitrogen and oxygen atoms in total. The Bertz CT molecular complexity index is 861. The minimum Gasteiger partial charge on any atom is -0.263 e. The molecule has 2 aromatic heterocycles. The van der Waals surface area contributed by atoms with Gasteiger partial charge in [-0.1, -0.05) is 23.8 Å². The zero-order valence-corrected chi connectivity index (χ0v) is 13.5. The van der Waals surface area contributed by atoms with Crippen LogP contribution in [0.4, 0.5) is 0 Å². The fraction of sp³-hybridized carbons (Fsp3) is 0. The van der Waals surface area contributed by atoms with Gasteiger partial charge in [0.25, 0.3) is 0 Å². The number of hydrogen-bond donors (Lipinski definition) is 0. The van der Waals surface area contributed by atoms with E-state index in [0.717, 1.165) is 16.8 Å². The van der Waals surface area contributed by atoms with Crippen LogP contribution in [0.3, 0.4) is 0 Å². The molecule has 0 fully saturated rings. The largest absolute Gasteiger partial charge is 0.263 e. The van der Waals surface area contributed by atoms with Crippen molar-refractivity contribution in [2.45, 2.75) is 0 Å². The van der Waals surface area contributed by atoms with E-state index in [1.807, 2.05) is 42.6 Å². The standard InChI is InChI=1S/C17H11ClN4.ClH/c18-16-3-5-17(6-4-16)22-12-13(10-21-22)1-2-14-7-8-20-11-15(14)9-19;/h1-8,10-12H;1H/b2-1+;. The molecule has 0 unspecified atom stereocenters. The van der Waals surface area contributed by atoms with Crippen molar-refractivity contribution in [2.24, 2.45) is 0 Å². The second-order valence-electron chi connectivity index (χ2n) is 4.60. The third-order valence-corrected chi connectivity index (χ3v) is 3.38. The van der Waals surface area contributed by atoms with E-state index in [9.17, 15) is 0 Å². The Balaban J connectivity index is 0.00000192.